The van der Waals surface area contributed by atoms with Gasteiger partial charge in [0, 0.05) is 35.4 Å². The summed E-state index contributed by atoms with van der Waals surface area (Å²) in [6.45, 7) is 2.17. The molecule has 2 heterocycles. The molecule has 2 aromatic carbocycles. The van der Waals surface area contributed by atoms with E-state index < -0.39 is 0 Å². The number of aromatic nitrogens is 1. The Morgan fingerprint density at radius 2 is 1.73 bits per heavy atom. The number of fused-ring (bicyclic) bond motifs is 3. The smallest absolute Gasteiger partial charge is 0.0485 e. The molecule has 2 heteroatoms. The molecule has 0 bridgehead atoms. The first-order chi connectivity index (χ1) is 10.9. The van der Waals surface area contributed by atoms with Gasteiger partial charge in [0.1, 0.15) is 0 Å². The average molecular weight is 290 g/mol. The Balaban J connectivity index is 1.61. The van der Waals surface area contributed by atoms with E-state index >= 15 is 0 Å². The highest BCUT2D eigenvalue weighted by atomic mass is 15.0. The van der Waals surface area contributed by atoms with Crippen molar-refractivity contribution in [2.24, 2.45) is 0 Å². The predicted molar refractivity (Wildman–Crippen MR) is 93.5 cm³/mol. The second-order valence-electron chi connectivity index (χ2n) is 6.09. The van der Waals surface area contributed by atoms with Crippen LogP contribution < -0.4 is 5.32 Å². The predicted octanol–water partition coefficient (Wildman–Crippen LogP) is 4.63. The number of anilines is 1. The Bertz CT molecular complexity index is 771. The number of rotatable bonds is 4. The summed E-state index contributed by atoms with van der Waals surface area (Å²) in [7, 11) is 0. The highest BCUT2D eigenvalue weighted by molar-refractivity contribution is 5.85. The number of hydrogen-bond donors (Lipinski definition) is 1. The Morgan fingerprint density at radius 3 is 2.64 bits per heavy atom. The monoisotopic (exact) mass is 290 g/mol. The standard InChI is InChI=1S/C20H22N2/c1-2-8-16(9-3-1)21-14-13-18-17-10-4-5-11-19(17)22-15-7-6-12-20(18)22/h1-5,8-11,21H,6-7,12-15H2. The van der Waals surface area contributed by atoms with Gasteiger partial charge in [-0.25, -0.2) is 0 Å². The van der Waals surface area contributed by atoms with Crippen LogP contribution in [0, 0.1) is 0 Å². The lowest BCUT2D eigenvalue weighted by Gasteiger charge is -2.17. The maximum atomic E-state index is 3.55. The van der Waals surface area contributed by atoms with Crippen molar-refractivity contribution in [3.05, 3.63) is 65.9 Å². The summed E-state index contributed by atoms with van der Waals surface area (Å²) >= 11 is 0. The van der Waals surface area contributed by atoms with Gasteiger partial charge in [0.25, 0.3) is 0 Å². The number of para-hydroxylation sites is 2. The number of benzene rings is 2. The van der Waals surface area contributed by atoms with Gasteiger partial charge in [-0.2, -0.15) is 0 Å². The summed E-state index contributed by atoms with van der Waals surface area (Å²) in [5.74, 6) is 0. The molecule has 22 heavy (non-hydrogen) atoms. The van der Waals surface area contributed by atoms with E-state index in [2.05, 4.69) is 64.5 Å². The van der Waals surface area contributed by atoms with Crippen LogP contribution in [-0.2, 0) is 19.4 Å². The van der Waals surface area contributed by atoms with E-state index in [-0.39, 0.29) is 0 Å². The van der Waals surface area contributed by atoms with Gasteiger partial charge < -0.3 is 9.88 Å². The normalized spacial score (nSPS) is 14.0. The Hall–Kier alpha value is -2.22. The molecule has 3 aromatic rings. The zero-order valence-electron chi connectivity index (χ0n) is 12.9. The number of hydrogen-bond acceptors (Lipinski definition) is 1. The molecular weight excluding hydrogens is 268 g/mol. The molecule has 0 spiro atoms. The van der Waals surface area contributed by atoms with Gasteiger partial charge in [-0.1, -0.05) is 36.4 Å². The van der Waals surface area contributed by atoms with Crippen LogP contribution in [0.2, 0.25) is 0 Å². The molecule has 1 aliphatic heterocycles. The summed E-state index contributed by atoms with van der Waals surface area (Å²) in [6, 6.07) is 19.4. The Kier molecular flexibility index (Phi) is 3.59. The Labute approximate surface area is 131 Å². The third kappa shape index (κ3) is 2.39. The summed E-state index contributed by atoms with van der Waals surface area (Å²) in [5, 5.41) is 5.00. The molecule has 1 aliphatic rings. The zero-order valence-corrected chi connectivity index (χ0v) is 12.9. The van der Waals surface area contributed by atoms with E-state index in [0.717, 1.165) is 13.0 Å². The van der Waals surface area contributed by atoms with Crippen LogP contribution in [-0.4, -0.2) is 11.1 Å². The maximum absolute atomic E-state index is 3.55. The largest absolute Gasteiger partial charge is 0.385 e. The molecule has 1 aromatic heterocycles. The number of aryl methyl sites for hydroxylation is 1. The van der Waals surface area contributed by atoms with Gasteiger partial charge in [-0.15, -0.1) is 0 Å². The molecule has 0 unspecified atom stereocenters. The van der Waals surface area contributed by atoms with Crippen LogP contribution in [0.3, 0.4) is 0 Å². The molecule has 0 aliphatic carbocycles. The van der Waals surface area contributed by atoms with Crippen molar-refractivity contribution in [2.45, 2.75) is 32.2 Å². The van der Waals surface area contributed by atoms with Gasteiger partial charge in [-0.3, -0.25) is 0 Å². The van der Waals surface area contributed by atoms with Gasteiger partial charge in [0.15, 0.2) is 0 Å². The minimum Gasteiger partial charge on any atom is -0.385 e. The van der Waals surface area contributed by atoms with Crippen LogP contribution in [0.4, 0.5) is 5.69 Å². The van der Waals surface area contributed by atoms with Crippen molar-refractivity contribution in [1.82, 2.24) is 4.57 Å². The van der Waals surface area contributed by atoms with Crippen LogP contribution in [0.15, 0.2) is 54.6 Å². The minimum absolute atomic E-state index is 0.991. The van der Waals surface area contributed by atoms with Crippen molar-refractivity contribution in [1.29, 1.82) is 0 Å². The zero-order chi connectivity index (χ0) is 14.8. The summed E-state index contributed by atoms with van der Waals surface area (Å²) < 4.78 is 2.55. The summed E-state index contributed by atoms with van der Waals surface area (Å²) in [5.41, 5.74) is 5.76. The van der Waals surface area contributed by atoms with Crippen LogP contribution in [0.1, 0.15) is 24.1 Å². The van der Waals surface area contributed by atoms with Crippen molar-refractivity contribution < 1.29 is 0 Å². The second kappa shape index (κ2) is 5.88. The number of nitrogens with one attached hydrogen (secondary N) is 1. The first-order valence-corrected chi connectivity index (χ1v) is 8.31. The fourth-order valence-electron chi connectivity index (χ4n) is 3.70. The minimum atomic E-state index is 0.991. The third-order valence-electron chi connectivity index (χ3n) is 4.72. The molecule has 0 amide bonds. The van der Waals surface area contributed by atoms with Crippen molar-refractivity contribution >= 4 is 16.6 Å². The third-order valence-corrected chi connectivity index (χ3v) is 4.72. The van der Waals surface area contributed by atoms with Crippen molar-refractivity contribution in [3.63, 3.8) is 0 Å². The average Bonchev–Trinajstić information content (AvgIpc) is 2.91. The fourth-order valence-corrected chi connectivity index (χ4v) is 3.70. The van der Waals surface area contributed by atoms with Crippen molar-refractivity contribution in [2.75, 3.05) is 11.9 Å². The van der Waals surface area contributed by atoms with Gasteiger partial charge >= 0.3 is 0 Å². The molecular formula is C20H22N2. The first kappa shape index (κ1) is 13.4. The van der Waals surface area contributed by atoms with Crippen LogP contribution >= 0.6 is 0 Å². The quantitative estimate of drug-likeness (QED) is 0.741. The van der Waals surface area contributed by atoms with Crippen LogP contribution in [0.5, 0.6) is 0 Å². The highest BCUT2D eigenvalue weighted by Crippen LogP contribution is 2.31. The lowest BCUT2D eigenvalue weighted by atomic mass is 10.0. The van der Waals surface area contributed by atoms with Crippen LogP contribution in [0.25, 0.3) is 10.9 Å². The lowest BCUT2D eigenvalue weighted by molar-refractivity contribution is 0.541. The molecule has 0 saturated carbocycles. The maximum Gasteiger partial charge on any atom is 0.0485 e. The van der Waals surface area contributed by atoms with Crippen molar-refractivity contribution in [3.8, 4) is 0 Å². The van der Waals surface area contributed by atoms with E-state index in [1.165, 1.54) is 42.4 Å². The topological polar surface area (TPSA) is 17.0 Å². The summed E-state index contributed by atoms with van der Waals surface area (Å²) in [6.07, 6.45) is 4.97. The van der Waals surface area contributed by atoms with E-state index in [1.807, 2.05) is 0 Å². The molecule has 0 radical (unpaired) electrons. The molecule has 112 valence electrons. The molecule has 2 nitrogen and oxygen atoms in total. The second-order valence-corrected chi connectivity index (χ2v) is 6.09. The first-order valence-electron chi connectivity index (χ1n) is 8.31. The molecule has 1 N–H and O–H groups in total. The molecule has 0 fully saturated rings. The molecule has 0 saturated heterocycles. The summed E-state index contributed by atoms with van der Waals surface area (Å²) in [4.78, 5) is 0. The van der Waals surface area contributed by atoms with Gasteiger partial charge in [0.05, 0.1) is 0 Å². The highest BCUT2D eigenvalue weighted by Gasteiger charge is 2.18. The van der Waals surface area contributed by atoms with E-state index in [1.54, 1.807) is 11.3 Å². The van der Waals surface area contributed by atoms with Gasteiger partial charge in [-0.05, 0) is 49.4 Å². The molecule has 0 atom stereocenters. The van der Waals surface area contributed by atoms with E-state index in [4.69, 9.17) is 0 Å². The van der Waals surface area contributed by atoms with Gasteiger partial charge in [0.2, 0.25) is 0 Å². The lowest BCUT2D eigenvalue weighted by Crippen LogP contribution is -2.12. The Morgan fingerprint density at radius 1 is 0.909 bits per heavy atom. The number of nitrogens with zero attached hydrogens (tertiary/aromatic N) is 1. The fraction of sp³-hybridized carbons (Fsp3) is 0.300. The van der Waals surface area contributed by atoms with E-state index in [9.17, 15) is 0 Å². The van der Waals surface area contributed by atoms with E-state index in [0.29, 0.717) is 0 Å². The molecule has 4 rings (SSSR count). The SMILES string of the molecule is c1ccc(NCCc2c3n(c4ccccc24)CCCC3)cc1.